The number of nitrogens with zero attached hydrogens (tertiary/aromatic N) is 2. The summed E-state index contributed by atoms with van der Waals surface area (Å²) in [6.07, 6.45) is 0. The molecule has 0 aliphatic rings. The Labute approximate surface area is 123 Å². The van der Waals surface area contributed by atoms with Gasteiger partial charge in [0.15, 0.2) is 0 Å². The van der Waals surface area contributed by atoms with Crippen LogP contribution in [0.3, 0.4) is 0 Å². The van der Waals surface area contributed by atoms with Gasteiger partial charge < -0.3 is 10.2 Å². The number of rotatable bonds is 3. The third-order valence-corrected chi connectivity index (χ3v) is 3.21. The molecule has 0 bridgehead atoms. The fourth-order valence-electron chi connectivity index (χ4n) is 1.49. The summed E-state index contributed by atoms with van der Waals surface area (Å²) in [6.45, 7) is -0.275. The molecule has 0 amide bonds. The number of hydrogen-bond acceptors (Lipinski definition) is 4. The van der Waals surface area contributed by atoms with E-state index in [4.69, 9.17) is 11.6 Å². The average Bonchev–Trinajstić information content (AvgIpc) is 2.39. The van der Waals surface area contributed by atoms with E-state index in [1.54, 1.807) is 12.1 Å². The Morgan fingerprint density at radius 3 is 2.42 bits per heavy atom. The molecule has 19 heavy (non-hydrogen) atoms. The lowest BCUT2D eigenvalue weighted by atomic mass is 10.2. The molecule has 0 fully saturated rings. The molecule has 0 aliphatic carbocycles. The van der Waals surface area contributed by atoms with Gasteiger partial charge in [-0.05, 0) is 30.3 Å². The molecule has 2 rings (SSSR count). The standard InChI is InChI=1S/C13H10BrClN2O2/c14-9-1-3-10(4-2-9)16-17-13-8(7-18)5-11(19)6-12(13)15/h1-6,18-19H,7H2. The zero-order valence-electron chi connectivity index (χ0n) is 9.72. The molecule has 0 radical (unpaired) electrons. The molecular weight excluding hydrogens is 332 g/mol. The molecule has 4 nitrogen and oxygen atoms in total. The smallest absolute Gasteiger partial charge is 0.117 e. The van der Waals surface area contributed by atoms with E-state index in [1.807, 2.05) is 12.1 Å². The first kappa shape index (κ1) is 14.0. The average molecular weight is 342 g/mol. The van der Waals surface area contributed by atoms with Gasteiger partial charge in [0.25, 0.3) is 0 Å². The maximum Gasteiger partial charge on any atom is 0.117 e. The topological polar surface area (TPSA) is 65.2 Å². The van der Waals surface area contributed by atoms with Crippen molar-refractivity contribution in [3.63, 3.8) is 0 Å². The van der Waals surface area contributed by atoms with Gasteiger partial charge in [-0.2, -0.15) is 5.11 Å². The predicted molar refractivity (Wildman–Crippen MR) is 77.4 cm³/mol. The maximum absolute atomic E-state index is 9.39. The summed E-state index contributed by atoms with van der Waals surface area (Å²) in [7, 11) is 0. The van der Waals surface area contributed by atoms with E-state index in [2.05, 4.69) is 26.2 Å². The second kappa shape index (κ2) is 6.14. The fraction of sp³-hybridized carbons (Fsp3) is 0.0769. The van der Waals surface area contributed by atoms with Crippen molar-refractivity contribution < 1.29 is 10.2 Å². The van der Waals surface area contributed by atoms with Gasteiger partial charge in [0.1, 0.15) is 11.4 Å². The van der Waals surface area contributed by atoms with Crippen molar-refractivity contribution in [2.75, 3.05) is 0 Å². The van der Waals surface area contributed by atoms with Crippen LogP contribution in [0.15, 0.2) is 51.1 Å². The molecule has 0 aliphatic heterocycles. The van der Waals surface area contributed by atoms with Crippen LogP contribution in [0.1, 0.15) is 5.56 Å². The van der Waals surface area contributed by atoms with Crippen molar-refractivity contribution in [3.8, 4) is 5.75 Å². The summed E-state index contributed by atoms with van der Waals surface area (Å²) in [6, 6.07) is 10.0. The first-order valence-electron chi connectivity index (χ1n) is 5.39. The Morgan fingerprint density at radius 1 is 1.11 bits per heavy atom. The minimum atomic E-state index is -0.275. The van der Waals surface area contributed by atoms with Gasteiger partial charge in [-0.25, -0.2) is 0 Å². The molecule has 0 saturated carbocycles. The van der Waals surface area contributed by atoms with Gasteiger partial charge in [0.05, 0.1) is 17.3 Å². The number of benzene rings is 2. The van der Waals surface area contributed by atoms with Crippen LogP contribution >= 0.6 is 27.5 Å². The van der Waals surface area contributed by atoms with Crippen LogP contribution in [0.2, 0.25) is 5.02 Å². The van der Waals surface area contributed by atoms with Crippen molar-refractivity contribution in [2.24, 2.45) is 10.2 Å². The van der Waals surface area contributed by atoms with Gasteiger partial charge in [0.2, 0.25) is 0 Å². The van der Waals surface area contributed by atoms with Crippen molar-refractivity contribution in [2.45, 2.75) is 6.61 Å². The van der Waals surface area contributed by atoms with Gasteiger partial charge >= 0.3 is 0 Å². The number of aliphatic hydroxyl groups excluding tert-OH is 1. The molecule has 2 aromatic carbocycles. The zero-order chi connectivity index (χ0) is 13.8. The fourth-order valence-corrected chi connectivity index (χ4v) is 2.02. The molecule has 0 aromatic heterocycles. The van der Waals surface area contributed by atoms with Crippen LogP contribution < -0.4 is 0 Å². The van der Waals surface area contributed by atoms with Crippen molar-refractivity contribution >= 4 is 38.9 Å². The third kappa shape index (κ3) is 3.53. The lowest BCUT2D eigenvalue weighted by Gasteiger charge is -2.04. The number of azo groups is 1. The van der Waals surface area contributed by atoms with E-state index in [1.165, 1.54) is 12.1 Å². The van der Waals surface area contributed by atoms with Crippen LogP contribution in [0.25, 0.3) is 0 Å². The number of phenolic OH excluding ortho intramolecular Hbond substituents is 1. The Bertz CT molecular complexity index is 615. The Hall–Kier alpha value is -1.43. The minimum Gasteiger partial charge on any atom is -0.508 e. The summed E-state index contributed by atoms with van der Waals surface area (Å²) in [4.78, 5) is 0. The maximum atomic E-state index is 9.39. The van der Waals surface area contributed by atoms with Gasteiger partial charge in [-0.3, -0.25) is 0 Å². The van der Waals surface area contributed by atoms with E-state index in [9.17, 15) is 10.2 Å². The van der Waals surface area contributed by atoms with E-state index in [-0.39, 0.29) is 17.4 Å². The Kier molecular flexibility index (Phi) is 4.52. The van der Waals surface area contributed by atoms with Crippen molar-refractivity contribution in [1.29, 1.82) is 0 Å². The van der Waals surface area contributed by atoms with E-state index >= 15 is 0 Å². The van der Waals surface area contributed by atoms with Crippen molar-refractivity contribution in [1.82, 2.24) is 0 Å². The number of hydrogen-bond donors (Lipinski definition) is 2. The second-order valence-corrected chi connectivity index (χ2v) is 5.09. The number of aromatic hydroxyl groups is 1. The highest BCUT2D eigenvalue weighted by Crippen LogP contribution is 2.34. The molecule has 98 valence electrons. The molecular formula is C13H10BrClN2O2. The van der Waals surface area contributed by atoms with Crippen LogP contribution in [-0.4, -0.2) is 10.2 Å². The summed E-state index contributed by atoms with van der Waals surface area (Å²) in [5, 5.41) is 26.9. The minimum absolute atomic E-state index is 0.0170. The normalized spacial score (nSPS) is 11.1. The highest BCUT2D eigenvalue weighted by molar-refractivity contribution is 9.10. The molecule has 0 unspecified atom stereocenters. The first-order valence-corrected chi connectivity index (χ1v) is 6.57. The predicted octanol–water partition coefficient (Wildman–Crippen LogP) is 4.72. The van der Waals surface area contributed by atoms with Crippen LogP contribution in [0, 0.1) is 0 Å². The van der Waals surface area contributed by atoms with Crippen LogP contribution in [0.4, 0.5) is 11.4 Å². The first-order chi connectivity index (χ1) is 9.10. The number of phenols is 1. The Morgan fingerprint density at radius 2 is 1.79 bits per heavy atom. The largest absolute Gasteiger partial charge is 0.508 e. The number of halogens is 2. The highest BCUT2D eigenvalue weighted by atomic mass is 79.9. The summed E-state index contributed by atoms with van der Waals surface area (Å²) >= 11 is 9.30. The zero-order valence-corrected chi connectivity index (χ0v) is 12.1. The summed E-state index contributed by atoms with van der Waals surface area (Å²) < 4.78 is 0.949. The van der Waals surface area contributed by atoms with Gasteiger partial charge in [-0.1, -0.05) is 27.5 Å². The Balaban J connectivity index is 2.35. The second-order valence-electron chi connectivity index (χ2n) is 3.77. The van der Waals surface area contributed by atoms with Gasteiger partial charge in [-0.15, -0.1) is 5.11 Å². The van der Waals surface area contributed by atoms with Gasteiger partial charge in [0, 0.05) is 16.1 Å². The lowest BCUT2D eigenvalue weighted by Crippen LogP contribution is -1.84. The van der Waals surface area contributed by atoms with Crippen LogP contribution in [0.5, 0.6) is 5.75 Å². The molecule has 0 saturated heterocycles. The quantitative estimate of drug-likeness (QED) is 0.794. The number of aliphatic hydroxyl groups is 1. The van der Waals surface area contributed by atoms with Crippen LogP contribution in [-0.2, 0) is 6.61 Å². The van der Waals surface area contributed by atoms with E-state index in [0.29, 0.717) is 16.9 Å². The van der Waals surface area contributed by atoms with E-state index < -0.39 is 0 Å². The molecule has 2 aromatic rings. The molecule has 0 spiro atoms. The lowest BCUT2D eigenvalue weighted by molar-refractivity contribution is 0.281. The van der Waals surface area contributed by atoms with E-state index in [0.717, 1.165) is 4.47 Å². The molecule has 0 atom stereocenters. The molecule has 2 N–H and O–H groups in total. The SMILES string of the molecule is OCc1cc(O)cc(Cl)c1N=Nc1ccc(Br)cc1. The monoisotopic (exact) mass is 340 g/mol. The molecule has 0 heterocycles. The summed E-state index contributed by atoms with van der Waals surface area (Å²) in [5.41, 5.74) is 1.44. The van der Waals surface area contributed by atoms with Crippen molar-refractivity contribution in [3.05, 3.63) is 51.5 Å². The highest BCUT2D eigenvalue weighted by Gasteiger charge is 2.08. The summed E-state index contributed by atoms with van der Waals surface area (Å²) in [5.74, 6) is -0.0170. The third-order valence-electron chi connectivity index (χ3n) is 2.39. The molecule has 6 heteroatoms.